The Morgan fingerprint density at radius 3 is 1.41 bits per heavy atom. The van der Waals surface area contributed by atoms with Gasteiger partial charge in [0.05, 0.1) is 29.5 Å². The zero-order valence-corrected chi connectivity index (χ0v) is 59.5. The Balaban J connectivity index is 0.000000160. The van der Waals surface area contributed by atoms with Gasteiger partial charge < -0.3 is 25.2 Å². The Labute approximate surface area is 582 Å². The maximum Gasteiger partial charge on any atom is 0.251 e. The van der Waals surface area contributed by atoms with E-state index in [2.05, 4.69) is 88.0 Å². The van der Waals surface area contributed by atoms with Crippen LogP contribution >= 0.6 is 0 Å². The number of nitrogens with one attached hydrogen (secondary N) is 2. The summed E-state index contributed by atoms with van der Waals surface area (Å²) in [5, 5.41) is 16.8. The first-order valence-corrected chi connectivity index (χ1v) is 38.0. The average molecular weight is 1320 g/mol. The van der Waals surface area contributed by atoms with Gasteiger partial charge in [0.15, 0.2) is 11.6 Å². The molecule has 0 unspecified atom stereocenters. The van der Waals surface area contributed by atoms with Gasteiger partial charge in [0.2, 0.25) is 0 Å². The molecule has 4 aliphatic heterocycles. The quantitative estimate of drug-likeness (QED) is 0.0922. The van der Waals surface area contributed by atoms with Crippen LogP contribution in [0.3, 0.4) is 0 Å². The second kappa shape index (κ2) is 26.5. The summed E-state index contributed by atoms with van der Waals surface area (Å²) in [4.78, 5) is 69.5. The third kappa shape index (κ3) is 11.7. The number of ether oxygens (including phenoxy) is 2. The predicted octanol–water partition coefficient (Wildman–Crippen LogP) is 15.0. The number of aliphatic hydroxyl groups excluding tert-OH is 1. The molecule has 12 nitrogen and oxygen atoms in total. The number of carbonyl (C=O) groups excluding carboxylic acids is 5. The fourth-order valence-electron chi connectivity index (χ4n) is 23.2. The lowest BCUT2D eigenvalue weighted by Gasteiger charge is -2.49. The van der Waals surface area contributed by atoms with Crippen molar-refractivity contribution in [3.63, 3.8) is 0 Å². The maximum atomic E-state index is 13.2. The molecule has 4 saturated carbocycles. The lowest BCUT2D eigenvalue weighted by Crippen LogP contribution is -2.54. The molecular weight excluding hydrogens is 1220 g/mol. The lowest BCUT2D eigenvalue weighted by atomic mass is 9.56. The van der Waals surface area contributed by atoms with Crippen molar-refractivity contribution in [2.45, 2.75) is 200 Å². The molecule has 8 aliphatic carbocycles. The number of ketones is 3. The minimum absolute atomic E-state index is 0.0388. The van der Waals surface area contributed by atoms with Gasteiger partial charge in [-0.2, -0.15) is 0 Å². The van der Waals surface area contributed by atoms with Gasteiger partial charge in [-0.05, 0) is 197 Å². The highest BCUT2D eigenvalue weighted by Gasteiger charge is 2.64. The van der Waals surface area contributed by atoms with E-state index in [1.54, 1.807) is 59.7 Å². The molecule has 12 aliphatic rings. The number of likely N-dealkylation sites (tertiary alicyclic amines) is 2. The van der Waals surface area contributed by atoms with Crippen LogP contribution in [0.5, 0.6) is 0 Å². The number of amides is 2. The van der Waals surface area contributed by atoms with Gasteiger partial charge in [-0.25, -0.2) is 0 Å². The van der Waals surface area contributed by atoms with E-state index in [1.165, 1.54) is 54.4 Å². The Kier molecular flexibility index (Phi) is 18.2. The Morgan fingerprint density at radius 1 is 0.531 bits per heavy atom. The van der Waals surface area contributed by atoms with Crippen LogP contribution in [0.15, 0.2) is 155 Å². The van der Waals surface area contributed by atoms with E-state index in [9.17, 15) is 29.1 Å². The van der Waals surface area contributed by atoms with Gasteiger partial charge >= 0.3 is 0 Å². The second-order valence-corrected chi connectivity index (χ2v) is 33.3. The standard InChI is InChI=1S/C43H54N2O4.C43H52N2O4/c2*1-26-22-38-39(45(25-26)21-20-44-41(48)31-12-10-30(11-13-31)40(47)29-8-6-5-7-9-29)28(3)43(49-38)19-17-34-35-15-14-32-23-33(46)16-18-42(32,4)37(35)24-36(34)27(43)2/h5-14,26,28,33-35,37-39,46H,15-25H2,1-4H3,(H,44,48);5-14,26,28,34-35,37-39H,15-25H2,1-4H3,(H,44,48)/t26-,28+,33-,34-,35-,37-,38+,39-,42-,43-;26-,28+,34-,35-,37-,38+,39-,42-,43-/m00/s1. The average Bonchev–Trinajstić information content (AvgIpc) is 1.56. The van der Waals surface area contributed by atoms with Crippen molar-refractivity contribution in [1.29, 1.82) is 0 Å². The highest BCUT2D eigenvalue weighted by Crippen LogP contribution is 2.67. The van der Waals surface area contributed by atoms with Gasteiger partial charge in [-0.3, -0.25) is 33.8 Å². The molecule has 3 N–H and O–H groups in total. The number of aliphatic hydroxyl groups is 1. The number of piperidine rings is 2. The molecule has 4 aromatic rings. The highest BCUT2D eigenvalue weighted by molar-refractivity contribution is 6.10. The molecule has 518 valence electrons. The van der Waals surface area contributed by atoms with Gasteiger partial charge in [0.1, 0.15) is 5.78 Å². The molecule has 0 bridgehead atoms. The number of nitrogens with zero attached hydrogens (tertiary/aromatic N) is 2. The summed E-state index contributed by atoms with van der Waals surface area (Å²) in [6.45, 7) is 24.1. The summed E-state index contributed by atoms with van der Waals surface area (Å²) in [7, 11) is 0. The molecule has 0 aromatic heterocycles. The molecule has 4 heterocycles. The van der Waals surface area contributed by atoms with Crippen LogP contribution in [0.4, 0.5) is 0 Å². The molecule has 12 heteroatoms. The number of carbonyl (C=O) groups is 5. The molecule has 2 spiro atoms. The van der Waals surface area contributed by atoms with E-state index >= 15 is 0 Å². The first-order valence-electron chi connectivity index (χ1n) is 38.0. The lowest BCUT2D eigenvalue weighted by molar-refractivity contribution is -0.121. The molecule has 8 fully saturated rings. The van der Waals surface area contributed by atoms with E-state index in [4.69, 9.17) is 9.47 Å². The first kappa shape index (κ1) is 67.4. The summed E-state index contributed by atoms with van der Waals surface area (Å²) in [5.74, 6) is 6.05. The third-order valence-electron chi connectivity index (χ3n) is 28.3. The topological polar surface area (TPSA) is 155 Å². The molecule has 4 aromatic carbocycles. The van der Waals surface area contributed by atoms with E-state index in [0.717, 1.165) is 96.3 Å². The molecular formula is C86H106N4O8. The highest BCUT2D eigenvalue weighted by atomic mass is 16.5. The summed E-state index contributed by atoms with van der Waals surface area (Å²) < 4.78 is 14.6. The largest absolute Gasteiger partial charge is 0.393 e. The number of benzene rings is 4. The van der Waals surface area contributed by atoms with Crippen LogP contribution in [0.1, 0.15) is 211 Å². The van der Waals surface area contributed by atoms with Gasteiger partial charge in [0.25, 0.3) is 11.8 Å². The Morgan fingerprint density at radius 2 is 0.949 bits per heavy atom. The summed E-state index contributed by atoms with van der Waals surface area (Å²) in [6, 6.07) is 33.1. The van der Waals surface area contributed by atoms with Crippen molar-refractivity contribution in [3.8, 4) is 0 Å². The van der Waals surface area contributed by atoms with E-state index in [-0.39, 0.29) is 63.7 Å². The van der Waals surface area contributed by atoms with Crippen molar-refractivity contribution in [2.75, 3.05) is 39.3 Å². The Bertz CT molecular complexity index is 3870. The van der Waals surface area contributed by atoms with Gasteiger partial charge in [0, 0.05) is 109 Å². The zero-order valence-electron chi connectivity index (χ0n) is 59.5. The number of fused-ring (bicyclic) bond motifs is 12. The van der Waals surface area contributed by atoms with E-state index < -0.39 is 0 Å². The van der Waals surface area contributed by atoms with Crippen LogP contribution in [0.25, 0.3) is 0 Å². The summed E-state index contributed by atoms with van der Waals surface area (Å²) >= 11 is 0. The number of rotatable bonds is 12. The van der Waals surface area contributed by atoms with Crippen molar-refractivity contribution >= 4 is 29.2 Å². The zero-order chi connectivity index (χ0) is 68.2. The van der Waals surface area contributed by atoms with Crippen LogP contribution in [-0.4, -0.2) is 125 Å². The first-order chi connectivity index (χ1) is 47.2. The number of hydrogen-bond donors (Lipinski definition) is 3. The fraction of sp³-hybridized carbons (Fsp3) is 0.570. The predicted molar refractivity (Wildman–Crippen MR) is 383 cm³/mol. The summed E-state index contributed by atoms with van der Waals surface area (Å²) in [5.41, 5.74) is 13.0. The number of Topliss-reactive ketones (excluding diaryl/α,β-unsaturated/α-hetero) is 1. The third-order valence-corrected chi connectivity index (χ3v) is 28.3. The van der Waals surface area contributed by atoms with E-state index in [1.807, 2.05) is 60.7 Å². The van der Waals surface area contributed by atoms with Crippen molar-refractivity contribution < 1.29 is 38.6 Å². The SMILES string of the molecule is CC1=C2C[C@H]3[C@@H](CC=C4CC(=O)CC[C@@]43C)[C@@H]2CC[C@]12O[C@@H]1C[C@H](C)CN(CCNC(=O)c3ccc(C(=O)c4ccccc4)cc3)[C@H]1[C@H]2C.CC1=C2C[C@H]3[C@@H](CC=C4C[C@@H](O)CC[C@@]43C)[C@@H]2CC[C@]12O[C@@H]1C[C@H](C)CN(CCNC(=O)c3ccc(C(=O)c4ccccc4)cc3)[C@H]1[C@H]2C. The fourth-order valence-corrected chi connectivity index (χ4v) is 23.2. The monoisotopic (exact) mass is 1320 g/mol. The molecule has 98 heavy (non-hydrogen) atoms. The van der Waals surface area contributed by atoms with Crippen molar-refractivity contribution in [2.24, 2.45) is 70.0 Å². The smallest absolute Gasteiger partial charge is 0.251 e. The van der Waals surface area contributed by atoms with Crippen LogP contribution in [0.2, 0.25) is 0 Å². The van der Waals surface area contributed by atoms with Crippen LogP contribution < -0.4 is 10.6 Å². The van der Waals surface area contributed by atoms with Crippen molar-refractivity contribution in [3.05, 3.63) is 188 Å². The summed E-state index contributed by atoms with van der Waals surface area (Å²) in [6.07, 6.45) is 22.1. The van der Waals surface area contributed by atoms with Crippen LogP contribution in [0, 0.1) is 70.0 Å². The molecule has 19 atom stereocenters. The minimum atomic E-state index is -0.209. The molecule has 16 rings (SSSR count). The van der Waals surface area contributed by atoms with Gasteiger partial charge in [-0.1, -0.05) is 161 Å². The molecule has 4 saturated heterocycles. The second-order valence-electron chi connectivity index (χ2n) is 33.3. The van der Waals surface area contributed by atoms with E-state index in [0.29, 0.717) is 124 Å². The molecule has 2 amide bonds. The van der Waals surface area contributed by atoms with Crippen LogP contribution in [-0.2, 0) is 14.3 Å². The van der Waals surface area contributed by atoms with Crippen molar-refractivity contribution in [1.82, 2.24) is 20.4 Å². The maximum absolute atomic E-state index is 13.2. The number of allylic oxidation sites excluding steroid dienone is 5. The van der Waals surface area contributed by atoms with Gasteiger partial charge in [-0.15, -0.1) is 0 Å². The normalized spacial score (nSPS) is 37.6. The Hall–Kier alpha value is -6.41. The number of hydrogen-bond acceptors (Lipinski definition) is 10. The minimum Gasteiger partial charge on any atom is -0.393 e. The molecule has 0 radical (unpaired) electrons.